The molecule has 1 atom stereocenters. The molecule has 4 rings (SSSR count). The molecule has 0 spiro atoms. The van der Waals surface area contributed by atoms with Gasteiger partial charge in [-0.25, -0.2) is 13.4 Å². The number of benzene rings is 1. The van der Waals surface area contributed by atoms with Gasteiger partial charge in [-0.2, -0.15) is 0 Å². The molecule has 0 aliphatic heterocycles. The number of anilines is 1. The van der Waals surface area contributed by atoms with Gasteiger partial charge in [0.05, 0.1) is 10.6 Å². The Balaban J connectivity index is 1.71. The zero-order valence-corrected chi connectivity index (χ0v) is 21.2. The number of nitrogens with zero attached hydrogens (tertiary/aromatic N) is 2. The first-order chi connectivity index (χ1) is 17.2. The van der Waals surface area contributed by atoms with Gasteiger partial charge in [0.2, 0.25) is 9.84 Å². The Bertz CT molecular complexity index is 1310. The summed E-state index contributed by atoms with van der Waals surface area (Å²) in [6.07, 6.45) is 8.70. The van der Waals surface area contributed by atoms with Crippen molar-refractivity contribution in [2.45, 2.75) is 60.6 Å². The molecule has 9 heteroatoms. The molecule has 0 saturated heterocycles. The number of aliphatic carboxylic acids is 1. The Morgan fingerprint density at radius 2 is 1.81 bits per heavy atom. The Labute approximate surface area is 211 Å². The molecular formula is C27H32N4O4S. The molecule has 3 aromatic rings. The minimum absolute atomic E-state index is 0.00468. The summed E-state index contributed by atoms with van der Waals surface area (Å²) in [7, 11) is -4.11. The average Bonchev–Trinajstić information content (AvgIpc) is 3.68. The molecule has 4 N–H and O–H groups in total. The van der Waals surface area contributed by atoms with Crippen LogP contribution in [0.15, 0.2) is 71.9 Å². The Kier molecular flexibility index (Phi) is 7.42. The fourth-order valence-electron chi connectivity index (χ4n) is 4.61. The van der Waals surface area contributed by atoms with Crippen molar-refractivity contribution in [3.8, 4) is 0 Å². The molecule has 0 amide bonds. The van der Waals surface area contributed by atoms with Crippen molar-refractivity contribution in [1.82, 2.24) is 9.97 Å². The highest BCUT2D eigenvalue weighted by molar-refractivity contribution is 7.92. The summed E-state index contributed by atoms with van der Waals surface area (Å²) >= 11 is 0. The van der Waals surface area contributed by atoms with Gasteiger partial charge in [0.25, 0.3) is 0 Å². The minimum Gasteiger partial charge on any atom is -0.480 e. The van der Waals surface area contributed by atoms with Gasteiger partial charge in [-0.1, -0.05) is 50.1 Å². The summed E-state index contributed by atoms with van der Waals surface area (Å²) in [4.78, 5) is 17.5. The van der Waals surface area contributed by atoms with Crippen LogP contribution < -0.4 is 11.1 Å². The normalized spacial score (nSPS) is 16.2. The fraction of sp³-hybridized carbons (Fsp3) is 0.370. The molecule has 2 heterocycles. The van der Waals surface area contributed by atoms with Crippen LogP contribution in [-0.4, -0.2) is 36.0 Å². The third-order valence-corrected chi connectivity index (χ3v) is 9.14. The van der Waals surface area contributed by atoms with Crippen molar-refractivity contribution in [2.75, 3.05) is 11.9 Å². The van der Waals surface area contributed by atoms with Crippen LogP contribution in [0.5, 0.6) is 0 Å². The molecule has 1 aromatic carbocycles. The number of rotatable bonds is 12. The predicted molar refractivity (Wildman–Crippen MR) is 138 cm³/mol. The van der Waals surface area contributed by atoms with Gasteiger partial charge in [-0.05, 0) is 60.1 Å². The molecule has 2 aromatic heterocycles. The highest BCUT2D eigenvalue weighted by atomic mass is 32.2. The number of hydrogen-bond donors (Lipinski definition) is 3. The summed E-state index contributed by atoms with van der Waals surface area (Å²) in [6.45, 7) is 1.84. The van der Waals surface area contributed by atoms with Gasteiger partial charge in [0.1, 0.15) is 12.4 Å². The average molecular weight is 509 g/mol. The van der Waals surface area contributed by atoms with Gasteiger partial charge in [-0.15, -0.1) is 0 Å². The topological polar surface area (TPSA) is 135 Å². The quantitative estimate of drug-likeness (QED) is 0.334. The predicted octanol–water partition coefficient (Wildman–Crippen LogP) is 4.02. The third kappa shape index (κ3) is 5.27. The van der Waals surface area contributed by atoms with Gasteiger partial charge >= 0.3 is 5.97 Å². The van der Waals surface area contributed by atoms with Crippen LogP contribution in [0.4, 0.5) is 5.82 Å². The zero-order valence-electron chi connectivity index (χ0n) is 20.4. The molecule has 1 saturated carbocycles. The lowest BCUT2D eigenvalue weighted by Gasteiger charge is -2.29. The van der Waals surface area contributed by atoms with E-state index in [-0.39, 0.29) is 34.8 Å². The Hall–Kier alpha value is -3.30. The number of nitrogens with two attached hydrogens (primary N) is 1. The van der Waals surface area contributed by atoms with Crippen molar-refractivity contribution in [1.29, 1.82) is 0 Å². The smallest absolute Gasteiger partial charge is 0.322 e. The molecule has 36 heavy (non-hydrogen) atoms. The second-order valence-corrected chi connectivity index (χ2v) is 11.7. The van der Waals surface area contributed by atoms with Crippen LogP contribution in [0.3, 0.4) is 0 Å². The van der Waals surface area contributed by atoms with E-state index in [0.717, 1.165) is 12.0 Å². The second-order valence-electron chi connectivity index (χ2n) is 9.49. The number of sulfone groups is 1. The highest BCUT2D eigenvalue weighted by Crippen LogP contribution is 2.52. The van der Waals surface area contributed by atoms with Gasteiger partial charge in [0, 0.05) is 18.8 Å². The van der Waals surface area contributed by atoms with Crippen LogP contribution >= 0.6 is 0 Å². The monoisotopic (exact) mass is 508 g/mol. The van der Waals surface area contributed by atoms with Crippen LogP contribution in [0, 0.1) is 0 Å². The van der Waals surface area contributed by atoms with E-state index in [1.807, 2.05) is 12.1 Å². The first-order valence-electron chi connectivity index (χ1n) is 12.2. The third-order valence-electron chi connectivity index (χ3n) is 6.94. The number of hydrogen-bond acceptors (Lipinski definition) is 7. The molecule has 1 aliphatic carbocycles. The van der Waals surface area contributed by atoms with E-state index in [4.69, 9.17) is 10.8 Å². The molecule has 1 fully saturated rings. The number of carboxylic acids is 1. The van der Waals surface area contributed by atoms with Crippen LogP contribution in [-0.2, 0) is 31.3 Å². The van der Waals surface area contributed by atoms with Gasteiger partial charge in [-0.3, -0.25) is 9.78 Å². The summed E-state index contributed by atoms with van der Waals surface area (Å²) in [5.41, 5.74) is 9.21. The van der Waals surface area contributed by atoms with E-state index in [0.29, 0.717) is 0 Å². The molecule has 190 valence electrons. The van der Waals surface area contributed by atoms with Crippen molar-refractivity contribution in [3.05, 3.63) is 83.8 Å². The van der Waals surface area contributed by atoms with E-state index in [1.165, 1.54) is 55.8 Å². The fourth-order valence-corrected chi connectivity index (χ4v) is 6.26. The zero-order chi connectivity index (χ0) is 25.8. The molecule has 1 aliphatic rings. The first-order valence-corrected chi connectivity index (χ1v) is 13.6. The maximum absolute atomic E-state index is 13.9. The highest BCUT2D eigenvalue weighted by Gasteiger charge is 2.45. The lowest BCUT2D eigenvalue weighted by molar-refractivity contribution is -0.134. The number of carbonyl (C=O) groups is 1. The Morgan fingerprint density at radius 3 is 2.42 bits per heavy atom. The summed E-state index contributed by atoms with van der Waals surface area (Å²) < 4.78 is 27.8. The van der Waals surface area contributed by atoms with E-state index < -0.39 is 20.7 Å². The second kappa shape index (κ2) is 10.4. The SMILES string of the molecule is CCCCC1(c2ccc(CC(N)(c3cccc(NCC(=O)O)n3)S(=O)(=O)c3ccncc3)cc2)CC1. The standard InChI is InChI=1S/C27H32N4O4S/c1-2-3-13-26(14-15-26)21-9-7-20(8-10-21)18-27(28,36(34,35)22-11-16-29-17-12-22)23-5-4-6-24(31-23)30-19-25(32)33/h4-12,16-17H,2-3,13-15,18-19,28H2,1H3,(H,30,31)(H,32,33). The summed E-state index contributed by atoms with van der Waals surface area (Å²) in [5.74, 6) is -0.824. The Morgan fingerprint density at radius 1 is 1.11 bits per heavy atom. The summed E-state index contributed by atoms with van der Waals surface area (Å²) in [5, 5.41) is 11.7. The lowest BCUT2D eigenvalue weighted by atomic mass is 9.89. The maximum atomic E-state index is 13.9. The van der Waals surface area contributed by atoms with Gasteiger partial charge in [0.15, 0.2) is 4.87 Å². The van der Waals surface area contributed by atoms with Crippen molar-refractivity contribution in [2.24, 2.45) is 5.73 Å². The summed E-state index contributed by atoms with van der Waals surface area (Å²) in [6, 6.07) is 15.7. The van der Waals surface area contributed by atoms with Crippen molar-refractivity contribution in [3.63, 3.8) is 0 Å². The first kappa shape index (κ1) is 25.8. The number of unbranched alkanes of at least 4 members (excludes halogenated alkanes) is 1. The molecule has 1 unspecified atom stereocenters. The largest absolute Gasteiger partial charge is 0.480 e. The number of aromatic nitrogens is 2. The van der Waals surface area contributed by atoms with Crippen LogP contribution in [0.1, 0.15) is 55.8 Å². The minimum atomic E-state index is -4.11. The van der Waals surface area contributed by atoms with E-state index in [2.05, 4.69) is 34.3 Å². The maximum Gasteiger partial charge on any atom is 0.322 e. The van der Waals surface area contributed by atoms with Crippen LogP contribution in [0.25, 0.3) is 0 Å². The number of nitrogens with one attached hydrogen (secondary N) is 1. The van der Waals surface area contributed by atoms with Gasteiger partial charge < -0.3 is 16.2 Å². The number of pyridine rings is 2. The molecule has 0 bridgehead atoms. The van der Waals surface area contributed by atoms with Crippen LogP contribution in [0.2, 0.25) is 0 Å². The van der Waals surface area contributed by atoms with Crippen molar-refractivity contribution < 1.29 is 18.3 Å². The molecule has 8 nitrogen and oxygen atoms in total. The molecular weight excluding hydrogens is 476 g/mol. The van der Waals surface area contributed by atoms with E-state index >= 15 is 0 Å². The van der Waals surface area contributed by atoms with Crippen molar-refractivity contribution >= 4 is 21.6 Å². The van der Waals surface area contributed by atoms with E-state index in [1.54, 1.807) is 18.2 Å². The number of carboxylic acid groups (broad SMARTS) is 1. The van der Waals surface area contributed by atoms with E-state index in [9.17, 15) is 13.2 Å². The lowest BCUT2D eigenvalue weighted by Crippen LogP contribution is -2.47. The molecule has 0 radical (unpaired) electrons.